The van der Waals surface area contributed by atoms with E-state index in [1.54, 1.807) is 0 Å². The van der Waals surface area contributed by atoms with Gasteiger partial charge in [0.15, 0.2) is 0 Å². The lowest BCUT2D eigenvalue weighted by Gasteiger charge is -2.35. The summed E-state index contributed by atoms with van der Waals surface area (Å²) in [6.07, 6.45) is 4.91. The van der Waals surface area contributed by atoms with Crippen LogP contribution >= 0.6 is 0 Å². The normalized spacial score (nSPS) is 22.1. The van der Waals surface area contributed by atoms with Gasteiger partial charge in [0, 0.05) is 12.6 Å². The van der Waals surface area contributed by atoms with Crippen molar-refractivity contribution in [1.29, 1.82) is 0 Å². The topological polar surface area (TPSA) is 60.4 Å². The highest BCUT2D eigenvalue weighted by Crippen LogP contribution is 2.38. The van der Waals surface area contributed by atoms with Crippen molar-refractivity contribution in [1.82, 2.24) is 0 Å². The zero-order valence-electron chi connectivity index (χ0n) is 7.21. The smallest absolute Gasteiger partial charge is 0.0491 e. The molecule has 1 aliphatic rings. The third-order valence-electron chi connectivity index (χ3n) is 2.77. The minimum Gasteiger partial charge on any atom is -0.550 e. The van der Waals surface area contributed by atoms with Gasteiger partial charge in [-0.15, -0.1) is 0 Å². The number of rotatable bonds is 3. The lowest BCUT2D eigenvalue weighted by atomic mass is 9.72. The van der Waals surface area contributed by atoms with Crippen molar-refractivity contribution in [3.63, 3.8) is 0 Å². The average molecular weight is 171 g/mol. The average Bonchev–Trinajstić information content (AvgIpc) is 2.05. The monoisotopic (exact) mass is 171 g/mol. The number of carboxylic acid groups (broad SMARTS) is 1. The van der Waals surface area contributed by atoms with Crippen LogP contribution in [0.3, 0.4) is 0 Å². The molecule has 0 aromatic carbocycles. The van der Waals surface area contributed by atoms with Crippen LogP contribution in [0.5, 0.6) is 0 Å². The number of hydrogen-bond donors (Lipinski definition) is 1. The van der Waals surface area contributed by atoms with Gasteiger partial charge in [0.05, 0.1) is 0 Å². The molecule has 3 heteroatoms. The SMILES string of the molecule is O=C([O-])CC1(CO)CCCCC1. The molecule has 0 unspecified atom stereocenters. The molecule has 0 saturated heterocycles. The van der Waals surface area contributed by atoms with Gasteiger partial charge in [-0.25, -0.2) is 0 Å². The molecule has 0 aromatic heterocycles. The molecule has 0 heterocycles. The molecule has 0 aliphatic heterocycles. The number of carboxylic acids is 1. The Morgan fingerprint density at radius 1 is 1.33 bits per heavy atom. The van der Waals surface area contributed by atoms with E-state index in [4.69, 9.17) is 5.11 Å². The van der Waals surface area contributed by atoms with Gasteiger partial charge in [-0.3, -0.25) is 0 Å². The van der Waals surface area contributed by atoms with Crippen LogP contribution in [0.25, 0.3) is 0 Å². The van der Waals surface area contributed by atoms with E-state index in [-0.39, 0.29) is 18.4 Å². The van der Waals surface area contributed by atoms with Crippen molar-refractivity contribution >= 4 is 5.97 Å². The van der Waals surface area contributed by atoms with Crippen LogP contribution < -0.4 is 5.11 Å². The van der Waals surface area contributed by atoms with Crippen molar-refractivity contribution in [3.05, 3.63) is 0 Å². The fraction of sp³-hybridized carbons (Fsp3) is 0.889. The number of aliphatic hydroxyl groups excluding tert-OH is 1. The molecule has 0 amide bonds. The van der Waals surface area contributed by atoms with Gasteiger partial charge >= 0.3 is 0 Å². The minimum atomic E-state index is -1.04. The zero-order chi connectivity index (χ0) is 9.03. The van der Waals surface area contributed by atoms with E-state index >= 15 is 0 Å². The van der Waals surface area contributed by atoms with E-state index in [2.05, 4.69) is 0 Å². The van der Waals surface area contributed by atoms with Gasteiger partial charge in [-0.05, 0) is 24.7 Å². The predicted molar refractivity (Wildman–Crippen MR) is 42.2 cm³/mol. The first kappa shape index (κ1) is 9.52. The van der Waals surface area contributed by atoms with E-state index in [0.29, 0.717) is 0 Å². The lowest BCUT2D eigenvalue weighted by Crippen LogP contribution is -2.36. The summed E-state index contributed by atoms with van der Waals surface area (Å²) in [5, 5.41) is 19.5. The van der Waals surface area contributed by atoms with Crippen molar-refractivity contribution in [2.24, 2.45) is 5.41 Å². The van der Waals surface area contributed by atoms with Crippen molar-refractivity contribution in [3.8, 4) is 0 Å². The predicted octanol–water partition coefficient (Wildman–Crippen LogP) is 0.0692. The van der Waals surface area contributed by atoms with Crippen LogP contribution in [0.4, 0.5) is 0 Å². The number of carbonyl (C=O) groups is 1. The second kappa shape index (κ2) is 3.90. The molecule has 1 rings (SSSR count). The number of hydrogen-bond acceptors (Lipinski definition) is 3. The lowest BCUT2D eigenvalue weighted by molar-refractivity contribution is -0.309. The van der Waals surface area contributed by atoms with E-state index < -0.39 is 5.97 Å². The Bertz CT molecular complexity index is 159. The van der Waals surface area contributed by atoms with Gasteiger partial charge in [-0.1, -0.05) is 19.3 Å². The molecule has 0 spiro atoms. The largest absolute Gasteiger partial charge is 0.550 e. The molecule has 3 nitrogen and oxygen atoms in total. The van der Waals surface area contributed by atoms with Crippen LogP contribution in [0, 0.1) is 5.41 Å². The molecule has 1 aliphatic carbocycles. The molecule has 1 saturated carbocycles. The second-order valence-corrected chi connectivity index (χ2v) is 3.77. The highest BCUT2D eigenvalue weighted by molar-refractivity contribution is 5.65. The first-order valence-electron chi connectivity index (χ1n) is 4.49. The highest BCUT2D eigenvalue weighted by Gasteiger charge is 2.31. The van der Waals surface area contributed by atoms with Gasteiger partial charge in [0.25, 0.3) is 0 Å². The minimum absolute atomic E-state index is 0.0129. The third-order valence-corrected chi connectivity index (χ3v) is 2.77. The van der Waals surface area contributed by atoms with E-state index in [9.17, 15) is 9.90 Å². The molecule has 0 radical (unpaired) electrons. The summed E-state index contributed by atoms with van der Waals surface area (Å²) in [5.41, 5.74) is -0.364. The quantitative estimate of drug-likeness (QED) is 0.653. The summed E-state index contributed by atoms with van der Waals surface area (Å²) < 4.78 is 0. The molecule has 0 atom stereocenters. The van der Waals surface area contributed by atoms with E-state index in [1.165, 1.54) is 0 Å². The molecule has 1 N–H and O–H groups in total. The Morgan fingerprint density at radius 2 is 1.92 bits per heavy atom. The number of aliphatic carboxylic acids is 1. The number of aliphatic hydroxyl groups is 1. The summed E-state index contributed by atoms with van der Waals surface area (Å²) in [7, 11) is 0. The van der Waals surface area contributed by atoms with Crippen molar-refractivity contribution in [2.75, 3.05) is 6.61 Å². The Morgan fingerprint density at radius 3 is 2.33 bits per heavy atom. The molecular weight excluding hydrogens is 156 g/mol. The second-order valence-electron chi connectivity index (χ2n) is 3.77. The van der Waals surface area contributed by atoms with Crippen LogP contribution in [0.1, 0.15) is 38.5 Å². The summed E-state index contributed by atoms with van der Waals surface area (Å²) in [6.45, 7) is -0.0129. The van der Waals surface area contributed by atoms with Crippen LogP contribution in [0.15, 0.2) is 0 Å². The fourth-order valence-electron chi connectivity index (χ4n) is 2.00. The fourth-order valence-corrected chi connectivity index (χ4v) is 2.00. The molecule has 12 heavy (non-hydrogen) atoms. The maximum absolute atomic E-state index is 10.4. The zero-order valence-corrected chi connectivity index (χ0v) is 7.21. The summed E-state index contributed by atoms with van der Waals surface area (Å²) >= 11 is 0. The van der Waals surface area contributed by atoms with Gasteiger partial charge in [0.2, 0.25) is 0 Å². The molecule has 0 bridgehead atoms. The van der Waals surface area contributed by atoms with Gasteiger partial charge in [0.1, 0.15) is 0 Å². The maximum atomic E-state index is 10.4. The van der Waals surface area contributed by atoms with Gasteiger partial charge < -0.3 is 15.0 Å². The summed E-state index contributed by atoms with van der Waals surface area (Å²) in [4.78, 5) is 10.4. The van der Waals surface area contributed by atoms with Gasteiger partial charge in [-0.2, -0.15) is 0 Å². The Labute approximate surface area is 72.4 Å². The van der Waals surface area contributed by atoms with E-state index in [1.807, 2.05) is 0 Å². The highest BCUT2D eigenvalue weighted by atomic mass is 16.4. The summed E-state index contributed by atoms with van der Waals surface area (Å²) in [5.74, 6) is -1.04. The standard InChI is InChI=1S/C9H16O3/c10-7-9(6-8(11)12)4-2-1-3-5-9/h10H,1-7H2,(H,11,12)/p-1. The molecular formula is C9H15O3-. The number of carbonyl (C=O) groups excluding carboxylic acids is 1. The van der Waals surface area contributed by atoms with Crippen molar-refractivity contribution in [2.45, 2.75) is 38.5 Å². The summed E-state index contributed by atoms with van der Waals surface area (Å²) in [6, 6.07) is 0. The Kier molecular flexibility index (Phi) is 3.09. The Balaban J connectivity index is 2.53. The third kappa shape index (κ3) is 2.21. The molecule has 1 fully saturated rings. The van der Waals surface area contributed by atoms with Crippen LogP contribution in [-0.4, -0.2) is 17.7 Å². The molecule has 0 aromatic rings. The molecule has 70 valence electrons. The van der Waals surface area contributed by atoms with Crippen LogP contribution in [0.2, 0.25) is 0 Å². The van der Waals surface area contributed by atoms with Crippen molar-refractivity contribution < 1.29 is 15.0 Å². The van der Waals surface area contributed by atoms with Crippen LogP contribution in [-0.2, 0) is 4.79 Å². The first-order chi connectivity index (χ1) is 5.68. The first-order valence-corrected chi connectivity index (χ1v) is 4.49. The van der Waals surface area contributed by atoms with E-state index in [0.717, 1.165) is 32.1 Å². The Hall–Kier alpha value is -0.570. The maximum Gasteiger partial charge on any atom is 0.0491 e.